The maximum atomic E-state index is 9.67. The Bertz CT molecular complexity index is 1050. The molecule has 5 heteroatoms. The van der Waals surface area contributed by atoms with E-state index >= 15 is 0 Å². The molecule has 0 N–H and O–H groups in total. The second-order valence-electron chi connectivity index (χ2n) is 6.37. The molecule has 0 aliphatic carbocycles. The summed E-state index contributed by atoms with van der Waals surface area (Å²) in [7, 11) is 0. The van der Waals surface area contributed by atoms with Gasteiger partial charge in [0, 0.05) is 40.8 Å². The Kier molecular flexibility index (Phi) is 4.61. The standard InChI is InChI=1S/C21H19N3OS/c1-16-7-8-19(26-16)15-23(14-18-5-4-10-25-18)12-17-13-24-9-3-2-6-21(24)20(17)11-22/h2-10,13H,12,14-15H2,1H3. The van der Waals surface area contributed by atoms with E-state index in [4.69, 9.17) is 4.42 Å². The van der Waals surface area contributed by atoms with Crippen LogP contribution in [0.25, 0.3) is 5.52 Å². The number of aromatic nitrogens is 1. The fraction of sp³-hybridized carbons (Fsp3) is 0.190. The highest BCUT2D eigenvalue weighted by Crippen LogP contribution is 2.23. The molecule has 4 heterocycles. The van der Waals surface area contributed by atoms with Crippen LogP contribution in [0.5, 0.6) is 0 Å². The van der Waals surface area contributed by atoms with Crippen LogP contribution >= 0.6 is 11.3 Å². The Balaban J connectivity index is 1.64. The number of furan rings is 1. The minimum absolute atomic E-state index is 0.697. The second kappa shape index (κ2) is 7.20. The number of aryl methyl sites for hydroxylation is 1. The topological polar surface area (TPSA) is 44.6 Å². The van der Waals surface area contributed by atoms with Crippen molar-refractivity contribution >= 4 is 16.9 Å². The van der Waals surface area contributed by atoms with Crippen molar-refractivity contribution in [2.75, 3.05) is 0 Å². The summed E-state index contributed by atoms with van der Waals surface area (Å²) in [6, 6.07) is 16.6. The van der Waals surface area contributed by atoms with E-state index in [2.05, 4.69) is 36.2 Å². The molecule has 0 radical (unpaired) electrons. The van der Waals surface area contributed by atoms with E-state index in [1.807, 2.05) is 52.3 Å². The van der Waals surface area contributed by atoms with Gasteiger partial charge in [0.05, 0.1) is 23.9 Å². The molecule has 0 spiro atoms. The van der Waals surface area contributed by atoms with E-state index < -0.39 is 0 Å². The minimum Gasteiger partial charge on any atom is -0.468 e. The molecule has 0 aliphatic rings. The van der Waals surface area contributed by atoms with Gasteiger partial charge in [-0.05, 0) is 43.3 Å². The predicted molar refractivity (Wildman–Crippen MR) is 103 cm³/mol. The van der Waals surface area contributed by atoms with Crippen molar-refractivity contribution in [1.82, 2.24) is 9.30 Å². The minimum atomic E-state index is 0.697. The van der Waals surface area contributed by atoms with E-state index in [1.165, 1.54) is 9.75 Å². The van der Waals surface area contributed by atoms with Gasteiger partial charge in [-0.3, -0.25) is 4.90 Å². The van der Waals surface area contributed by atoms with E-state index in [9.17, 15) is 5.26 Å². The molecule has 0 aliphatic heterocycles. The average molecular weight is 361 g/mol. The van der Waals surface area contributed by atoms with Crippen LogP contribution in [0.1, 0.15) is 26.6 Å². The Morgan fingerprint density at radius 3 is 2.77 bits per heavy atom. The fourth-order valence-corrected chi connectivity index (χ4v) is 4.18. The van der Waals surface area contributed by atoms with Crippen LogP contribution in [0.3, 0.4) is 0 Å². The van der Waals surface area contributed by atoms with Gasteiger partial charge < -0.3 is 8.82 Å². The molecule has 0 fully saturated rings. The first-order chi connectivity index (χ1) is 12.7. The van der Waals surface area contributed by atoms with Crippen LogP contribution in [-0.2, 0) is 19.6 Å². The van der Waals surface area contributed by atoms with Crippen LogP contribution in [0.2, 0.25) is 0 Å². The first kappa shape index (κ1) is 16.6. The van der Waals surface area contributed by atoms with Crippen molar-refractivity contribution in [3.8, 4) is 6.07 Å². The summed E-state index contributed by atoms with van der Waals surface area (Å²) < 4.78 is 7.57. The van der Waals surface area contributed by atoms with Crippen molar-refractivity contribution in [2.24, 2.45) is 0 Å². The lowest BCUT2D eigenvalue weighted by molar-refractivity contribution is 0.229. The number of nitriles is 1. The lowest BCUT2D eigenvalue weighted by Crippen LogP contribution is -2.21. The lowest BCUT2D eigenvalue weighted by atomic mass is 10.1. The zero-order valence-electron chi connectivity index (χ0n) is 14.6. The lowest BCUT2D eigenvalue weighted by Gasteiger charge is -2.20. The van der Waals surface area contributed by atoms with Gasteiger partial charge in [-0.2, -0.15) is 5.26 Å². The number of rotatable bonds is 6. The molecule has 0 bridgehead atoms. The predicted octanol–water partition coefficient (Wildman–Crippen LogP) is 4.98. The number of hydrogen-bond acceptors (Lipinski definition) is 4. The molecule has 0 aromatic carbocycles. The van der Waals surface area contributed by atoms with E-state index in [1.54, 1.807) is 6.26 Å². The zero-order chi connectivity index (χ0) is 17.9. The number of hydrogen-bond donors (Lipinski definition) is 0. The van der Waals surface area contributed by atoms with Crippen molar-refractivity contribution in [2.45, 2.75) is 26.6 Å². The van der Waals surface area contributed by atoms with Gasteiger partial charge in [0.1, 0.15) is 11.8 Å². The first-order valence-electron chi connectivity index (χ1n) is 8.51. The maximum Gasteiger partial charge on any atom is 0.117 e. The molecule has 0 saturated heterocycles. The highest BCUT2D eigenvalue weighted by atomic mass is 32.1. The van der Waals surface area contributed by atoms with Crippen LogP contribution in [0, 0.1) is 18.3 Å². The molecule has 0 unspecified atom stereocenters. The van der Waals surface area contributed by atoms with Crippen molar-refractivity contribution in [1.29, 1.82) is 5.26 Å². The molecule has 0 amide bonds. The van der Waals surface area contributed by atoms with Gasteiger partial charge in [0.15, 0.2) is 0 Å². The summed E-state index contributed by atoms with van der Waals surface area (Å²) in [6.07, 6.45) is 5.75. The molecular formula is C21H19N3OS. The monoisotopic (exact) mass is 361 g/mol. The average Bonchev–Trinajstić information content (AvgIpc) is 3.35. The van der Waals surface area contributed by atoms with Crippen LogP contribution in [0.15, 0.2) is 65.5 Å². The van der Waals surface area contributed by atoms with Gasteiger partial charge in [0.25, 0.3) is 0 Å². The van der Waals surface area contributed by atoms with Crippen molar-refractivity contribution in [3.05, 3.63) is 87.8 Å². The number of nitrogens with zero attached hydrogens (tertiary/aromatic N) is 3. The van der Waals surface area contributed by atoms with E-state index in [0.717, 1.165) is 28.9 Å². The van der Waals surface area contributed by atoms with Crippen LogP contribution in [-0.4, -0.2) is 9.30 Å². The van der Waals surface area contributed by atoms with Gasteiger partial charge in [-0.15, -0.1) is 11.3 Å². The number of thiophene rings is 1. The number of pyridine rings is 1. The normalized spacial score (nSPS) is 11.3. The molecule has 4 nitrogen and oxygen atoms in total. The quantitative estimate of drug-likeness (QED) is 0.487. The summed E-state index contributed by atoms with van der Waals surface area (Å²) in [6.45, 7) is 4.36. The van der Waals surface area contributed by atoms with Gasteiger partial charge in [-0.1, -0.05) is 6.07 Å². The number of fused-ring (bicyclic) bond motifs is 1. The van der Waals surface area contributed by atoms with Crippen molar-refractivity contribution < 1.29 is 4.42 Å². The highest BCUT2D eigenvalue weighted by Gasteiger charge is 2.16. The van der Waals surface area contributed by atoms with E-state index in [0.29, 0.717) is 13.1 Å². The molecule has 130 valence electrons. The Morgan fingerprint density at radius 2 is 2.04 bits per heavy atom. The Morgan fingerprint density at radius 1 is 1.12 bits per heavy atom. The Labute approximate surface area is 156 Å². The second-order valence-corrected chi connectivity index (χ2v) is 7.74. The Hall–Kier alpha value is -2.81. The molecular weight excluding hydrogens is 342 g/mol. The van der Waals surface area contributed by atoms with Gasteiger partial charge in [-0.25, -0.2) is 0 Å². The van der Waals surface area contributed by atoms with Crippen LogP contribution in [0.4, 0.5) is 0 Å². The largest absolute Gasteiger partial charge is 0.468 e. The highest BCUT2D eigenvalue weighted by molar-refractivity contribution is 7.11. The molecule has 0 saturated carbocycles. The van der Waals surface area contributed by atoms with Gasteiger partial charge in [0.2, 0.25) is 0 Å². The molecule has 4 rings (SSSR count). The third-order valence-electron chi connectivity index (χ3n) is 4.40. The first-order valence-corrected chi connectivity index (χ1v) is 9.33. The smallest absolute Gasteiger partial charge is 0.117 e. The summed E-state index contributed by atoms with van der Waals surface area (Å²) in [5.41, 5.74) is 2.74. The van der Waals surface area contributed by atoms with E-state index in [-0.39, 0.29) is 0 Å². The SMILES string of the molecule is Cc1ccc(CN(Cc2ccco2)Cc2cn3ccccc3c2C#N)s1. The third-order valence-corrected chi connectivity index (χ3v) is 5.39. The van der Waals surface area contributed by atoms with Crippen molar-refractivity contribution in [3.63, 3.8) is 0 Å². The zero-order valence-corrected chi connectivity index (χ0v) is 15.4. The molecule has 26 heavy (non-hydrogen) atoms. The fourth-order valence-electron chi connectivity index (χ4n) is 3.25. The van der Waals surface area contributed by atoms with Gasteiger partial charge >= 0.3 is 0 Å². The summed E-state index contributed by atoms with van der Waals surface area (Å²) in [5.74, 6) is 0.931. The van der Waals surface area contributed by atoms with Crippen LogP contribution < -0.4 is 0 Å². The summed E-state index contributed by atoms with van der Waals surface area (Å²) >= 11 is 1.81. The molecule has 0 atom stereocenters. The summed E-state index contributed by atoms with van der Waals surface area (Å²) in [4.78, 5) is 4.95. The maximum absolute atomic E-state index is 9.67. The summed E-state index contributed by atoms with van der Waals surface area (Å²) in [5, 5.41) is 9.67. The molecule has 4 aromatic heterocycles. The molecule has 4 aromatic rings. The third kappa shape index (κ3) is 3.43.